The van der Waals surface area contributed by atoms with Crippen LogP contribution in [0, 0.1) is 0 Å². The van der Waals surface area contributed by atoms with Gasteiger partial charge in [-0.2, -0.15) is 0 Å². The summed E-state index contributed by atoms with van der Waals surface area (Å²) in [6.45, 7) is 0. The molecule has 0 atom stereocenters. The maximum Gasteiger partial charge on any atom is 0.182 e. The molecule has 0 unspecified atom stereocenters. The number of hydrogen-bond donors (Lipinski definition) is 0. The van der Waals surface area contributed by atoms with Crippen molar-refractivity contribution >= 4 is 56.7 Å². The molecule has 0 bridgehead atoms. The van der Waals surface area contributed by atoms with Gasteiger partial charge >= 0.3 is 0 Å². The topological polar surface area (TPSA) is 3.24 Å². The van der Waals surface area contributed by atoms with Crippen LogP contribution < -0.4 is 25.6 Å². The molecule has 0 saturated carbocycles. The highest BCUT2D eigenvalue weighted by atomic mass is 28.3. The Kier molecular flexibility index (Phi) is 6.58. The molecule has 282 valence electrons. The Labute approximate surface area is 356 Å². The van der Waals surface area contributed by atoms with Crippen LogP contribution in [0.25, 0.3) is 55.3 Å². The zero-order valence-electron chi connectivity index (χ0n) is 33.3. The van der Waals surface area contributed by atoms with Crippen LogP contribution in [0.4, 0.5) is 17.1 Å². The average molecular weight is 788 g/mol. The van der Waals surface area contributed by atoms with E-state index in [2.05, 4.69) is 229 Å². The fourth-order valence-corrected chi connectivity index (χ4v) is 17.9. The third kappa shape index (κ3) is 4.06. The zero-order valence-corrected chi connectivity index (χ0v) is 34.3. The van der Waals surface area contributed by atoms with Crippen LogP contribution in [-0.2, 0) is 5.41 Å². The fourth-order valence-electron chi connectivity index (χ4n) is 12.2. The van der Waals surface area contributed by atoms with E-state index in [0.717, 1.165) is 5.69 Å². The van der Waals surface area contributed by atoms with Gasteiger partial charge in [0.15, 0.2) is 8.07 Å². The fraction of sp³-hybridized carbons (Fsp3) is 0.0169. The van der Waals surface area contributed by atoms with Crippen molar-refractivity contribution < 1.29 is 0 Å². The summed E-state index contributed by atoms with van der Waals surface area (Å²) in [4.78, 5) is 2.54. The van der Waals surface area contributed by atoms with Crippen LogP contribution in [0.15, 0.2) is 224 Å². The van der Waals surface area contributed by atoms with Gasteiger partial charge in [0.1, 0.15) is 0 Å². The SMILES string of the molecule is c1ccc2c(c1)-c1ccccc1C21c2ccccc2N(c2ccc(-c3ccc4c(c3)[Si]3(c5ccccc5-c5ccccc53)c3ccccc3-4)cc2)c2c1ccc1ccccc21. The maximum atomic E-state index is 2.55. The number of para-hydroxylation sites is 1. The van der Waals surface area contributed by atoms with Gasteiger partial charge in [0, 0.05) is 11.1 Å². The summed E-state index contributed by atoms with van der Waals surface area (Å²) in [7, 11) is -2.53. The maximum absolute atomic E-state index is 2.55. The van der Waals surface area contributed by atoms with Crippen LogP contribution >= 0.6 is 0 Å². The minimum absolute atomic E-state index is 0.459. The third-order valence-electron chi connectivity index (χ3n) is 14.5. The molecule has 10 aromatic rings. The Bertz CT molecular complexity index is 3400. The van der Waals surface area contributed by atoms with Crippen LogP contribution in [0.2, 0.25) is 0 Å². The molecule has 0 fully saturated rings. The van der Waals surface area contributed by atoms with Gasteiger partial charge in [-0.1, -0.05) is 206 Å². The van der Waals surface area contributed by atoms with E-state index in [0.29, 0.717) is 0 Å². The van der Waals surface area contributed by atoms with Crippen LogP contribution in [-0.4, -0.2) is 8.07 Å². The van der Waals surface area contributed by atoms with E-state index in [1.165, 1.54) is 110 Å². The Balaban J connectivity index is 0.966. The lowest BCUT2D eigenvalue weighted by atomic mass is 9.64. The number of hydrogen-bond acceptors (Lipinski definition) is 1. The first-order chi connectivity index (χ1) is 30.3. The quantitative estimate of drug-likeness (QED) is 0.158. The minimum atomic E-state index is -2.53. The van der Waals surface area contributed by atoms with Crippen molar-refractivity contribution in [3.05, 3.63) is 247 Å². The molecule has 2 heteroatoms. The largest absolute Gasteiger partial charge is 0.309 e. The molecule has 3 heterocycles. The van der Waals surface area contributed by atoms with Crippen molar-refractivity contribution in [1.82, 2.24) is 0 Å². The predicted octanol–water partition coefficient (Wildman–Crippen LogP) is 12.0. The molecular weight excluding hydrogens is 751 g/mol. The van der Waals surface area contributed by atoms with Gasteiger partial charge in [-0.05, 0) is 111 Å². The van der Waals surface area contributed by atoms with Gasteiger partial charge in [0.2, 0.25) is 0 Å². The summed E-state index contributed by atoms with van der Waals surface area (Å²) in [5, 5.41) is 8.52. The number of rotatable bonds is 2. The van der Waals surface area contributed by atoms with Crippen LogP contribution in [0.1, 0.15) is 22.3 Å². The molecule has 0 radical (unpaired) electrons. The van der Waals surface area contributed by atoms with Crippen molar-refractivity contribution in [3.63, 3.8) is 0 Å². The molecule has 61 heavy (non-hydrogen) atoms. The molecule has 1 aliphatic carbocycles. The highest BCUT2D eigenvalue weighted by Crippen LogP contribution is 2.64. The molecule has 0 saturated heterocycles. The lowest BCUT2D eigenvalue weighted by Crippen LogP contribution is -2.70. The number of nitrogens with zero attached hydrogens (tertiary/aromatic N) is 1. The third-order valence-corrected chi connectivity index (χ3v) is 19.4. The van der Waals surface area contributed by atoms with Crippen molar-refractivity contribution in [2.75, 3.05) is 4.90 Å². The lowest BCUT2D eigenvalue weighted by Gasteiger charge is -2.45. The number of anilines is 3. The summed E-state index contributed by atoms with van der Waals surface area (Å²) in [6.07, 6.45) is 0. The summed E-state index contributed by atoms with van der Waals surface area (Å²) in [5.41, 5.74) is 19.2. The van der Waals surface area contributed by atoms with Crippen molar-refractivity contribution in [2.24, 2.45) is 0 Å². The van der Waals surface area contributed by atoms with Gasteiger partial charge < -0.3 is 4.90 Å². The summed E-state index contributed by atoms with van der Waals surface area (Å²) < 4.78 is 0. The van der Waals surface area contributed by atoms with Crippen LogP contribution in [0.3, 0.4) is 0 Å². The Morgan fingerprint density at radius 1 is 0.328 bits per heavy atom. The molecular formula is C59H37NSi. The van der Waals surface area contributed by atoms with E-state index in [1.807, 2.05) is 0 Å². The second-order valence-electron chi connectivity index (χ2n) is 17.1. The number of benzene rings is 10. The summed E-state index contributed by atoms with van der Waals surface area (Å²) in [5.74, 6) is 0. The number of fused-ring (bicyclic) bond motifs is 21. The minimum Gasteiger partial charge on any atom is -0.309 e. The molecule has 10 aromatic carbocycles. The molecule has 1 nitrogen and oxygen atoms in total. The van der Waals surface area contributed by atoms with Crippen molar-refractivity contribution in [3.8, 4) is 44.5 Å². The van der Waals surface area contributed by atoms with E-state index in [4.69, 9.17) is 0 Å². The highest BCUT2D eigenvalue weighted by Gasteiger charge is 2.54. The lowest BCUT2D eigenvalue weighted by molar-refractivity contribution is 0.754. The molecule has 3 aliphatic heterocycles. The molecule has 14 rings (SSSR count). The Hall–Kier alpha value is -7.52. The Morgan fingerprint density at radius 3 is 1.46 bits per heavy atom. The molecule has 4 aliphatic rings. The first-order valence-electron chi connectivity index (χ1n) is 21.4. The standard InChI is InChI=1S/C59H37NSi/c1-2-16-42-39(15-1)32-36-52-58(42)60(53-25-11-10-24-51(53)59(52)49-22-8-3-17-43(49)44-18-4-9-23-50(44)59)41-33-29-38(30-34-41)40-31-35-48-47-21-7-14-28-56(47)61(57(48)37-40)54-26-12-5-19-45(54)46-20-6-13-27-55(46)61/h1-37H. The van der Waals surface area contributed by atoms with Crippen molar-refractivity contribution in [2.45, 2.75) is 5.41 Å². The Morgan fingerprint density at radius 2 is 0.820 bits per heavy atom. The van der Waals surface area contributed by atoms with E-state index < -0.39 is 13.5 Å². The van der Waals surface area contributed by atoms with E-state index in [-0.39, 0.29) is 0 Å². The first-order valence-corrected chi connectivity index (χ1v) is 23.4. The van der Waals surface area contributed by atoms with Crippen molar-refractivity contribution in [1.29, 1.82) is 0 Å². The van der Waals surface area contributed by atoms with E-state index in [9.17, 15) is 0 Å². The molecule has 2 spiro atoms. The highest BCUT2D eigenvalue weighted by molar-refractivity contribution is 7.24. The smallest absolute Gasteiger partial charge is 0.182 e. The van der Waals surface area contributed by atoms with Gasteiger partial charge in [0.05, 0.1) is 16.8 Å². The first kappa shape index (κ1) is 33.3. The van der Waals surface area contributed by atoms with Gasteiger partial charge in [-0.15, -0.1) is 0 Å². The second kappa shape index (κ2) is 12.0. The zero-order chi connectivity index (χ0) is 39.9. The van der Waals surface area contributed by atoms with Crippen LogP contribution in [0.5, 0.6) is 0 Å². The van der Waals surface area contributed by atoms with Gasteiger partial charge in [0.25, 0.3) is 0 Å². The second-order valence-corrected chi connectivity index (χ2v) is 20.7. The van der Waals surface area contributed by atoms with Gasteiger partial charge in [-0.25, -0.2) is 0 Å². The summed E-state index contributed by atoms with van der Waals surface area (Å²) in [6, 6.07) is 85.3. The molecule has 0 amide bonds. The van der Waals surface area contributed by atoms with E-state index in [1.54, 1.807) is 0 Å². The van der Waals surface area contributed by atoms with Gasteiger partial charge in [-0.3, -0.25) is 0 Å². The van der Waals surface area contributed by atoms with E-state index >= 15 is 0 Å². The monoisotopic (exact) mass is 787 g/mol. The molecule has 0 N–H and O–H groups in total. The predicted molar refractivity (Wildman–Crippen MR) is 257 cm³/mol. The average Bonchev–Trinajstić information content (AvgIpc) is 3.92. The summed E-state index contributed by atoms with van der Waals surface area (Å²) >= 11 is 0. The molecule has 0 aromatic heterocycles. The normalized spacial score (nSPS) is 14.8.